The van der Waals surface area contributed by atoms with Gasteiger partial charge in [-0.25, -0.2) is 4.79 Å². The summed E-state index contributed by atoms with van der Waals surface area (Å²) >= 11 is 0. The number of carboxylic acids is 1. The number of rotatable bonds is 5. The molecule has 1 N–H and O–H groups in total. The smallest absolute Gasteiger partial charge is 0.335 e. The predicted octanol–water partition coefficient (Wildman–Crippen LogP) is 2.18. The maximum absolute atomic E-state index is 12.6. The Labute approximate surface area is 155 Å². The molecular formula is C19H19N3O5. The Bertz CT molecular complexity index is 875. The van der Waals surface area contributed by atoms with Gasteiger partial charge in [0.25, 0.3) is 5.69 Å². The number of nitrogens with zero attached hydrogens (tertiary/aromatic N) is 3. The Morgan fingerprint density at radius 1 is 1.04 bits per heavy atom. The molecule has 0 atom stereocenters. The van der Waals surface area contributed by atoms with Crippen LogP contribution in [0.5, 0.6) is 0 Å². The molecule has 27 heavy (non-hydrogen) atoms. The molecule has 0 unspecified atom stereocenters. The van der Waals surface area contributed by atoms with Gasteiger partial charge in [-0.2, -0.15) is 0 Å². The maximum Gasteiger partial charge on any atom is 0.335 e. The van der Waals surface area contributed by atoms with Crippen molar-refractivity contribution in [2.45, 2.75) is 6.42 Å². The van der Waals surface area contributed by atoms with Gasteiger partial charge >= 0.3 is 5.97 Å². The lowest BCUT2D eigenvalue weighted by Gasteiger charge is -2.36. The molecule has 3 rings (SSSR count). The van der Waals surface area contributed by atoms with Crippen molar-refractivity contribution in [2.75, 3.05) is 31.1 Å². The molecular weight excluding hydrogens is 350 g/mol. The highest BCUT2D eigenvalue weighted by atomic mass is 16.6. The molecule has 0 aliphatic carbocycles. The SMILES string of the molecule is O=C(O)c1ccccc1CC(=O)N1CCN(c2cccc([N+](=O)[O-])c2)CC1. The molecule has 0 bridgehead atoms. The summed E-state index contributed by atoms with van der Waals surface area (Å²) in [6.45, 7) is 2.09. The number of nitro groups is 1. The van der Waals surface area contributed by atoms with Crippen LogP contribution in [0, 0.1) is 10.1 Å². The molecule has 1 saturated heterocycles. The van der Waals surface area contributed by atoms with Crippen LogP contribution in [0.2, 0.25) is 0 Å². The number of hydrogen-bond acceptors (Lipinski definition) is 5. The number of non-ortho nitro benzene ring substituents is 1. The molecule has 140 valence electrons. The monoisotopic (exact) mass is 369 g/mol. The third-order valence-corrected chi connectivity index (χ3v) is 4.63. The van der Waals surface area contributed by atoms with Crippen molar-refractivity contribution in [3.05, 3.63) is 69.8 Å². The first-order chi connectivity index (χ1) is 13.0. The van der Waals surface area contributed by atoms with Crippen molar-refractivity contribution in [1.82, 2.24) is 4.90 Å². The van der Waals surface area contributed by atoms with Crippen molar-refractivity contribution in [3.8, 4) is 0 Å². The fourth-order valence-corrected chi connectivity index (χ4v) is 3.18. The van der Waals surface area contributed by atoms with Gasteiger partial charge in [0.05, 0.1) is 16.9 Å². The standard InChI is InChI=1S/C19H19N3O5/c23-18(12-14-4-1-2-7-17(14)19(24)25)21-10-8-20(9-11-21)15-5-3-6-16(13-15)22(26)27/h1-7,13H,8-12H2,(H,24,25). The zero-order valence-corrected chi connectivity index (χ0v) is 14.6. The number of nitro benzene ring substituents is 1. The minimum Gasteiger partial charge on any atom is -0.478 e. The summed E-state index contributed by atoms with van der Waals surface area (Å²) in [6.07, 6.45) is 0.0410. The largest absolute Gasteiger partial charge is 0.478 e. The van der Waals surface area contributed by atoms with Crippen molar-refractivity contribution < 1.29 is 19.6 Å². The average Bonchev–Trinajstić information content (AvgIpc) is 2.68. The fraction of sp³-hybridized carbons (Fsp3) is 0.263. The quantitative estimate of drug-likeness (QED) is 0.640. The number of aromatic carboxylic acids is 1. The zero-order valence-electron chi connectivity index (χ0n) is 14.6. The summed E-state index contributed by atoms with van der Waals surface area (Å²) in [5.74, 6) is -1.17. The van der Waals surface area contributed by atoms with Gasteiger partial charge in [0.2, 0.25) is 5.91 Å². The van der Waals surface area contributed by atoms with Gasteiger partial charge in [0, 0.05) is 44.0 Å². The van der Waals surface area contributed by atoms with E-state index in [1.807, 2.05) is 11.0 Å². The highest BCUT2D eigenvalue weighted by Crippen LogP contribution is 2.22. The van der Waals surface area contributed by atoms with Crippen LogP contribution >= 0.6 is 0 Å². The third-order valence-electron chi connectivity index (χ3n) is 4.63. The van der Waals surface area contributed by atoms with E-state index in [-0.39, 0.29) is 23.6 Å². The van der Waals surface area contributed by atoms with Gasteiger partial charge in [0.1, 0.15) is 0 Å². The van der Waals surface area contributed by atoms with Gasteiger partial charge < -0.3 is 14.9 Å². The van der Waals surface area contributed by atoms with Crippen molar-refractivity contribution in [1.29, 1.82) is 0 Å². The number of anilines is 1. The Kier molecular flexibility index (Phi) is 5.35. The Morgan fingerprint density at radius 2 is 1.74 bits per heavy atom. The molecule has 0 spiro atoms. The Morgan fingerprint density at radius 3 is 2.41 bits per heavy atom. The number of piperazine rings is 1. The van der Waals surface area contributed by atoms with Crippen molar-refractivity contribution in [2.24, 2.45) is 0 Å². The van der Waals surface area contributed by atoms with E-state index in [1.165, 1.54) is 18.2 Å². The lowest BCUT2D eigenvalue weighted by molar-refractivity contribution is -0.384. The zero-order chi connectivity index (χ0) is 19.4. The highest BCUT2D eigenvalue weighted by Gasteiger charge is 2.23. The second kappa shape index (κ2) is 7.86. The molecule has 8 nitrogen and oxygen atoms in total. The van der Waals surface area contributed by atoms with E-state index in [2.05, 4.69) is 0 Å². The lowest BCUT2D eigenvalue weighted by atomic mass is 10.0. The molecule has 1 amide bonds. The first kappa shape index (κ1) is 18.4. The average molecular weight is 369 g/mol. The van der Waals surface area contributed by atoms with Crippen LogP contribution in [-0.2, 0) is 11.2 Å². The van der Waals surface area contributed by atoms with E-state index in [4.69, 9.17) is 0 Å². The van der Waals surface area contributed by atoms with Crippen LogP contribution in [-0.4, -0.2) is 53.0 Å². The van der Waals surface area contributed by atoms with Crippen LogP contribution in [0.3, 0.4) is 0 Å². The van der Waals surface area contributed by atoms with Gasteiger partial charge in [-0.1, -0.05) is 24.3 Å². The number of carbonyl (C=O) groups is 2. The molecule has 8 heteroatoms. The summed E-state index contributed by atoms with van der Waals surface area (Å²) in [4.78, 5) is 38.0. The molecule has 0 radical (unpaired) electrons. The summed E-state index contributed by atoms with van der Waals surface area (Å²) in [5, 5.41) is 20.2. The number of carbonyl (C=O) groups excluding carboxylic acids is 1. The molecule has 0 saturated carbocycles. The molecule has 2 aromatic rings. The first-order valence-electron chi connectivity index (χ1n) is 8.54. The molecule has 1 fully saturated rings. The van der Waals surface area contributed by atoms with E-state index < -0.39 is 10.9 Å². The molecule has 1 aliphatic heterocycles. The molecule has 2 aromatic carbocycles. The number of carboxylic acid groups (broad SMARTS) is 1. The van der Waals surface area contributed by atoms with E-state index in [9.17, 15) is 24.8 Å². The van der Waals surface area contributed by atoms with Crippen LogP contribution < -0.4 is 4.90 Å². The first-order valence-corrected chi connectivity index (χ1v) is 8.54. The van der Waals surface area contributed by atoms with Crippen LogP contribution in [0.15, 0.2) is 48.5 Å². The van der Waals surface area contributed by atoms with Gasteiger partial charge in [0.15, 0.2) is 0 Å². The number of amides is 1. The topological polar surface area (TPSA) is 104 Å². The van der Waals surface area contributed by atoms with Crippen LogP contribution in [0.4, 0.5) is 11.4 Å². The molecule has 0 aromatic heterocycles. The van der Waals surface area contributed by atoms with E-state index in [1.54, 1.807) is 29.2 Å². The van der Waals surface area contributed by atoms with Crippen molar-refractivity contribution >= 4 is 23.3 Å². The predicted molar refractivity (Wildman–Crippen MR) is 99.0 cm³/mol. The van der Waals surface area contributed by atoms with Gasteiger partial charge in [-0.3, -0.25) is 14.9 Å². The lowest BCUT2D eigenvalue weighted by Crippen LogP contribution is -2.49. The van der Waals surface area contributed by atoms with Gasteiger partial charge in [-0.05, 0) is 17.7 Å². The molecule has 1 aliphatic rings. The summed E-state index contributed by atoms with van der Waals surface area (Å²) in [6, 6.07) is 12.9. The Balaban J connectivity index is 1.62. The fourth-order valence-electron chi connectivity index (χ4n) is 3.18. The minimum atomic E-state index is -1.05. The minimum absolute atomic E-state index is 0.0382. The van der Waals surface area contributed by atoms with E-state index >= 15 is 0 Å². The second-order valence-corrected chi connectivity index (χ2v) is 6.28. The van der Waals surface area contributed by atoms with E-state index in [0.717, 1.165) is 5.69 Å². The summed E-state index contributed by atoms with van der Waals surface area (Å²) in [5.41, 5.74) is 1.43. The van der Waals surface area contributed by atoms with E-state index in [0.29, 0.717) is 31.7 Å². The maximum atomic E-state index is 12.6. The summed E-state index contributed by atoms with van der Waals surface area (Å²) < 4.78 is 0. The summed E-state index contributed by atoms with van der Waals surface area (Å²) in [7, 11) is 0. The second-order valence-electron chi connectivity index (χ2n) is 6.28. The Hall–Kier alpha value is -3.42. The normalized spacial score (nSPS) is 14.1. The number of hydrogen-bond donors (Lipinski definition) is 1. The van der Waals surface area contributed by atoms with Crippen LogP contribution in [0.1, 0.15) is 15.9 Å². The number of benzene rings is 2. The van der Waals surface area contributed by atoms with Crippen molar-refractivity contribution in [3.63, 3.8) is 0 Å². The van der Waals surface area contributed by atoms with Gasteiger partial charge in [-0.15, -0.1) is 0 Å². The highest BCUT2D eigenvalue weighted by molar-refractivity contribution is 5.91. The molecule has 1 heterocycles. The van der Waals surface area contributed by atoms with Crippen LogP contribution in [0.25, 0.3) is 0 Å². The third kappa shape index (κ3) is 4.22.